The standard InChI is InChI=1S/C17H18N2S/c1-11(2)13-5-4-6-14(10-13)18-17-19-15-9-12(3)7-8-16(15)20-17/h4-11H,1-3H3,(H,18,19). The number of hydrogen-bond donors (Lipinski definition) is 1. The van der Waals surface area contributed by atoms with Crippen molar-refractivity contribution in [2.45, 2.75) is 26.7 Å². The van der Waals surface area contributed by atoms with Gasteiger partial charge in [-0.05, 0) is 48.2 Å². The van der Waals surface area contributed by atoms with Crippen LogP contribution in [0.4, 0.5) is 10.8 Å². The number of benzene rings is 2. The van der Waals surface area contributed by atoms with Crippen LogP contribution >= 0.6 is 11.3 Å². The predicted molar refractivity (Wildman–Crippen MR) is 88.2 cm³/mol. The molecular weight excluding hydrogens is 264 g/mol. The molecule has 20 heavy (non-hydrogen) atoms. The zero-order valence-electron chi connectivity index (χ0n) is 12.0. The molecule has 0 radical (unpaired) electrons. The van der Waals surface area contributed by atoms with Gasteiger partial charge in [-0.1, -0.05) is 43.4 Å². The van der Waals surface area contributed by atoms with Crippen LogP contribution in [-0.2, 0) is 0 Å². The van der Waals surface area contributed by atoms with Crippen LogP contribution in [0, 0.1) is 6.92 Å². The third-order valence-corrected chi connectivity index (χ3v) is 4.30. The van der Waals surface area contributed by atoms with E-state index in [0.29, 0.717) is 5.92 Å². The van der Waals surface area contributed by atoms with Gasteiger partial charge in [0.15, 0.2) is 5.13 Å². The van der Waals surface area contributed by atoms with E-state index < -0.39 is 0 Å². The van der Waals surface area contributed by atoms with Crippen LogP contribution < -0.4 is 5.32 Å². The summed E-state index contributed by atoms with van der Waals surface area (Å²) in [5.74, 6) is 0.537. The van der Waals surface area contributed by atoms with Crippen molar-refractivity contribution >= 4 is 32.4 Å². The lowest BCUT2D eigenvalue weighted by atomic mass is 10.0. The minimum Gasteiger partial charge on any atom is -0.332 e. The summed E-state index contributed by atoms with van der Waals surface area (Å²) in [6.07, 6.45) is 0. The quantitative estimate of drug-likeness (QED) is 0.688. The molecular formula is C17H18N2S. The van der Waals surface area contributed by atoms with Crippen LogP contribution in [0.15, 0.2) is 42.5 Å². The van der Waals surface area contributed by atoms with Gasteiger partial charge in [0, 0.05) is 5.69 Å². The van der Waals surface area contributed by atoms with E-state index in [1.807, 2.05) is 0 Å². The van der Waals surface area contributed by atoms with Crippen LogP contribution in [0.1, 0.15) is 30.9 Å². The Kier molecular flexibility index (Phi) is 3.45. The molecule has 1 heterocycles. The predicted octanol–water partition coefficient (Wildman–Crippen LogP) is 5.47. The van der Waals surface area contributed by atoms with Crippen molar-refractivity contribution in [3.8, 4) is 0 Å². The van der Waals surface area contributed by atoms with E-state index in [-0.39, 0.29) is 0 Å². The molecule has 1 N–H and O–H groups in total. The third-order valence-electron chi connectivity index (χ3n) is 3.35. The molecule has 0 aliphatic rings. The number of thiazole rings is 1. The second-order valence-corrected chi connectivity index (χ2v) is 6.43. The van der Waals surface area contributed by atoms with Crippen LogP contribution in [0.5, 0.6) is 0 Å². The monoisotopic (exact) mass is 282 g/mol. The summed E-state index contributed by atoms with van der Waals surface area (Å²) in [4.78, 5) is 4.65. The number of nitrogens with one attached hydrogen (secondary N) is 1. The maximum absolute atomic E-state index is 4.65. The second-order valence-electron chi connectivity index (χ2n) is 5.40. The van der Waals surface area contributed by atoms with Crippen molar-refractivity contribution in [3.05, 3.63) is 53.6 Å². The highest BCUT2D eigenvalue weighted by molar-refractivity contribution is 7.22. The molecule has 2 aromatic carbocycles. The van der Waals surface area contributed by atoms with Crippen molar-refractivity contribution in [2.75, 3.05) is 5.32 Å². The number of aryl methyl sites for hydroxylation is 1. The number of anilines is 2. The van der Waals surface area contributed by atoms with E-state index in [1.54, 1.807) is 11.3 Å². The molecule has 3 heteroatoms. The fourth-order valence-corrected chi connectivity index (χ4v) is 3.06. The normalized spacial score (nSPS) is 11.2. The van der Waals surface area contributed by atoms with E-state index in [0.717, 1.165) is 16.3 Å². The van der Waals surface area contributed by atoms with E-state index >= 15 is 0 Å². The molecule has 0 aliphatic carbocycles. The van der Waals surface area contributed by atoms with Gasteiger partial charge in [-0.2, -0.15) is 0 Å². The third kappa shape index (κ3) is 2.68. The fraction of sp³-hybridized carbons (Fsp3) is 0.235. The Morgan fingerprint density at radius 2 is 1.95 bits per heavy atom. The molecule has 0 fully saturated rings. The van der Waals surface area contributed by atoms with Crippen molar-refractivity contribution in [3.63, 3.8) is 0 Å². The lowest BCUT2D eigenvalue weighted by Gasteiger charge is -2.08. The first-order valence-electron chi connectivity index (χ1n) is 6.86. The van der Waals surface area contributed by atoms with Gasteiger partial charge in [-0.25, -0.2) is 4.98 Å². The van der Waals surface area contributed by atoms with Crippen molar-refractivity contribution < 1.29 is 0 Å². The summed E-state index contributed by atoms with van der Waals surface area (Å²) in [6.45, 7) is 6.51. The zero-order chi connectivity index (χ0) is 14.1. The summed E-state index contributed by atoms with van der Waals surface area (Å²) < 4.78 is 1.22. The van der Waals surface area contributed by atoms with Gasteiger partial charge < -0.3 is 5.32 Å². The first-order chi connectivity index (χ1) is 9.61. The molecule has 0 saturated heterocycles. The van der Waals surface area contributed by atoms with Gasteiger partial charge in [0.2, 0.25) is 0 Å². The lowest BCUT2D eigenvalue weighted by Crippen LogP contribution is -1.92. The maximum atomic E-state index is 4.65. The first-order valence-corrected chi connectivity index (χ1v) is 7.67. The van der Waals surface area contributed by atoms with Crippen LogP contribution in [0.25, 0.3) is 10.2 Å². The smallest absolute Gasteiger partial charge is 0.188 e. The van der Waals surface area contributed by atoms with Gasteiger partial charge in [0.05, 0.1) is 10.2 Å². The average Bonchev–Trinajstić information content (AvgIpc) is 2.80. The highest BCUT2D eigenvalue weighted by atomic mass is 32.1. The molecule has 0 saturated carbocycles. The Morgan fingerprint density at radius 1 is 1.10 bits per heavy atom. The van der Waals surface area contributed by atoms with Gasteiger partial charge in [-0.3, -0.25) is 0 Å². The van der Waals surface area contributed by atoms with Crippen molar-refractivity contribution in [1.29, 1.82) is 0 Å². The van der Waals surface area contributed by atoms with E-state index in [2.05, 4.69) is 73.5 Å². The van der Waals surface area contributed by atoms with Crippen LogP contribution in [0.2, 0.25) is 0 Å². The van der Waals surface area contributed by atoms with E-state index in [4.69, 9.17) is 0 Å². The lowest BCUT2D eigenvalue weighted by molar-refractivity contribution is 0.867. The summed E-state index contributed by atoms with van der Waals surface area (Å²) in [7, 11) is 0. The highest BCUT2D eigenvalue weighted by Gasteiger charge is 2.05. The fourth-order valence-electron chi connectivity index (χ4n) is 2.19. The Labute approximate surface area is 123 Å². The SMILES string of the molecule is Cc1ccc2sc(Nc3cccc(C(C)C)c3)nc2c1. The first kappa shape index (κ1) is 13.1. The number of hydrogen-bond acceptors (Lipinski definition) is 3. The molecule has 0 amide bonds. The number of nitrogens with zero attached hydrogens (tertiary/aromatic N) is 1. The molecule has 0 bridgehead atoms. The molecule has 102 valence electrons. The summed E-state index contributed by atoms with van der Waals surface area (Å²) in [6, 6.07) is 14.9. The molecule has 3 rings (SSSR count). The van der Waals surface area contributed by atoms with Crippen molar-refractivity contribution in [1.82, 2.24) is 4.98 Å². The number of rotatable bonds is 3. The Balaban J connectivity index is 1.90. The largest absolute Gasteiger partial charge is 0.332 e. The van der Waals surface area contributed by atoms with Crippen molar-refractivity contribution in [2.24, 2.45) is 0 Å². The Hall–Kier alpha value is -1.87. The highest BCUT2D eigenvalue weighted by Crippen LogP contribution is 2.29. The molecule has 0 unspecified atom stereocenters. The Morgan fingerprint density at radius 3 is 2.75 bits per heavy atom. The zero-order valence-corrected chi connectivity index (χ0v) is 12.8. The van der Waals surface area contributed by atoms with Crippen LogP contribution in [0.3, 0.4) is 0 Å². The van der Waals surface area contributed by atoms with Gasteiger partial charge in [0.1, 0.15) is 0 Å². The average molecular weight is 282 g/mol. The van der Waals surface area contributed by atoms with Gasteiger partial charge >= 0.3 is 0 Å². The molecule has 0 spiro atoms. The molecule has 2 nitrogen and oxygen atoms in total. The van der Waals surface area contributed by atoms with Crippen LogP contribution in [-0.4, -0.2) is 4.98 Å². The van der Waals surface area contributed by atoms with E-state index in [9.17, 15) is 0 Å². The topological polar surface area (TPSA) is 24.9 Å². The number of fused-ring (bicyclic) bond motifs is 1. The minimum absolute atomic E-state index is 0.537. The second kappa shape index (κ2) is 5.25. The molecule has 3 aromatic rings. The number of aromatic nitrogens is 1. The molecule has 0 aliphatic heterocycles. The summed E-state index contributed by atoms with van der Waals surface area (Å²) >= 11 is 1.69. The maximum Gasteiger partial charge on any atom is 0.188 e. The molecule has 1 aromatic heterocycles. The summed E-state index contributed by atoms with van der Waals surface area (Å²) in [5, 5.41) is 4.37. The van der Waals surface area contributed by atoms with Gasteiger partial charge in [0.25, 0.3) is 0 Å². The minimum atomic E-state index is 0.537. The van der Waals surface area contributed by atoms with Gasteiger partial charge in [-0.15, -0.1) is 0 Å². The van der Waals surface area contributed by atoms with E-state index in [1.165, 1.54) is 15.8 Å². The molecule has 0 atom stereocenters. The summed E-state index contributed by atoms with van der Waals surface area (Å²) in [5.41, 5.74) is 4.76. The Bertz CT molecular complexity index is 744.